The van der Waals surface area contributed by atoms with Crippen LogP contribution in [0.4, 0.5) is 5.82 Å². The number of aliphatic hydroxyl groups excluding tert-OH is 5. The maximum absolute atomic E-state index is 15.5. The molecule has 81 heavy (non-hydrogen) atoms. The summed E-state index contributed by atoms with van der Waals surface area (Å²) in [5.74, 6) is -4.09. The Hall–Kier alpha value is -5.68. The molecular formula is C66H71N5O10. The highest BCUT2D eigenvalue weighted by molar-refractivity contribution is 6.34. The molecule has 7 heterocycles. The number of aromatic amines is 2. The number of H-pyrrole nitrogens is 2. The number of hydrogen-bond donors (Lipinski definition) is 9. The zero-order valence-electron chi connectivity index (χ0n) is 45.9. The van der Waals surface area contributed by atoms with Gasteiger partial charge in [-0.3, -0.25) is 9.59 Å². The molecule has 10 aliphatic carbocycles. The molecule has 420 valence electrons. The van der Waals surface area contributed by atoms with Crippen LogP contribution < -0.4 is 10.1 Å². The number of carbonyl (C=O) groups is 2. The highest BCUT2D eigenvalue weighted by Crippen LogP contribution is 2.82. The van der Waals surface area contributed by atoms with E-state index in [0.717, 1.165) is 149 Å². The van der Waals surface area contributed by atoms with Crippen molar-refractivity contribution in [3.63, 3.8) is 0 Å². The van der Waals surface area contributed by atoms with E-state index in [1.165, 1.54) is 6.07 Å². The predicted molar refractivity (Wildman–Crippen MR) is 297 cm³/mol. The van der Waals surface area contributed by atoms with Crippen molar-refractivity contribution in [1.82, 2.24) is 19.9 Å². The summed E-state index contributed by atoms with van der Waals surface area (Å²) in [6.07, 6.45) is 15.9. The van der Waals surface area contributed by atoms with Gasteiger partial charge in [0.25, 0.3) is 5.79 Å². The quantitative estimate of drug-likeness (QED) is 0.0749. The van der Waals surface area contributed by atoms with Gasteiger partial charge in [-0.15, -0.1) is 0 Å². The van der Waals surface area contributed by atoms with Crippen molar-refractivity contribution in [3.05, 3.63) is 116 Å². The van der Waals surface area contributed by atoms with Gasteiger partial charge < -0.3 is 55.4 Å². The van der Waals surface area contributed by atoms with Gasteiger partial charge in [-0.05, 0) is 195 Å². The summed E-state index contributed by atoms with van der Waals surface area (Å²) in [4.78, 5) is 48.7. The maximum Gasteiger partial charge on any atom is 0.261 e. The number of phenolic OH excluding ortho intramolecular Hbond substituents is 1. The van der Waals surface area contributed by atoms with E-state index in [-0.39, 0.29) is 68.9 Å². The minimum atomic E-state index is -2.45. The van der Waals surface area contributed by atoms with Gasteiger partial charge in [-0.1, -0.05) is 38.5 Å². The highest BCUT2D eigenvalue weighted by atomic mass is 16.7. The van der Waals surface area contributed by atoms with Crippen LogP contribution in [0.5, 0.6) is 11.5 Å². The van der Waals surface area contributed by atoms with E-state index in [0.29, 0.717) is 52.1 Å². The third kappa shape index (κ3) is 5.52. The number of fused-ring (bicyclic) bond motifs is 12. The second-order valence-corrected chi connectivity index (χ2v) is 28.2. The summed E-state index contributed by atoms with van der Waals surface area (Å²) in [5, 5.41) is 85.0. The molecule has 0 amide bonds. The number of phenols is 1. The minimum Gasteiger partial charge on any atom is -0.507 e. The Morgan fingerprint density at radius 1 is 0.778 bits per heavy atom. The lowest BCUT2D eigenvalue weighted by Crippen LogP contribution is -2.80. The highest BCUT2D eigenvalue weighted by Gasteiger charge is 2.81. The van der Waals surface area contributed by atoms with E-state index >= 15 is 9.59 Å². The number of ether oxygens (including phenoxy) is 2. The first-order chi connectivity index (χ1) is 39.2. The Bertz CT molecular complexity index is 3750. The molecule has 14 unspecified atom stereocenters. The first-order valence-electron chi connectivity index (χ1n) is 30.8. The molecule has 19 rings (SSSR count). The Morgan fingerprint density at radius 2 is 1.59 bits per heavy atom. The molecule has 6 spiro atoms. The van der Waals surface area contributed by atoms with Gasteiger partial charge in [0, 0.05) is 62.7 Å². The molecule has 4 aliphatic heterocycles. The molecule has 0 radical (unpaired) electrons. The number of pyridine rings is 1. The van der Waals surface area contributed by atoms with Crippen molar-refractivity contribution in [2.45, 2.75) is 189 Å². The van der Waals surface area contributed by atoms with Crippen LogP contribution in [0.2, 0.25) is 0 Å². The van der Waals surface area contributed by atoms with Gasteiger partial charge in [0.1, 0.15) is 29.5 Å². The van der Waals surface area contributed by atoms with E-state index in [9.17, 15) is 30.6 Å². The van der Waals surface area contributed by atoms with Crippen molar-refractivity contribution in [1.29, 1.82) is 0 Å². The van der Waals surface area contributed by atoms with E-state index in [2.05, 4.69) is 21.4 Å². The lowest BCUT2D eigenvalue weighted by Gasteiger charge is -2.68. The van der Waals surface area contributed by atoms with Crippen LogP contribution in [0.15, 0.2) is 60.1 Å². The zero-order chi connectivity index (χ0) is 54.7. The van der Waals surface area contributed by atoms with Gasteiger partial charge >= 0.3 is 0 Å². The molecule has 15 nitrogen and oxygen atoms in total. The number of anilines is 1. The van der Waals surface area contributed by atoms with Crippen molar-refractivity contribution >= 4 is 33.7 Å². The number of aromatic nitrogens is 4. The summed E-state index contributed by atoms with van der Waals surface area (Å²) < 4.78 is 15.2. The normalized spacial score (nSPS) is 40.3. The number of aryl methyl sites for hydroxylation is 2. The first kappa shape index (κ1) is 48.8. The van der Waals surface area contributed by atoms with E-state index in [1.54, 1.807) is 37.4 Å². The molecule has 7 fully saturated rings. The molecular weight excluding hydrogens is 1020 g/mol. The summed E-state index contributed by atoms with van der Waals surface area (Å²) in [6.45, 7) is 1.79. The standard InChI is InChI=1S/C66H71N5O10/c1-31-22-36-46(41(72)23-31)53(75)48-42-24-34-33(47(48)52(36)74)13-21-67-58(34)68-28-45(73)65-39-27-61(16-6-7-17-61)43(65)12-10-38-50(65)49-37(51-35(39)25-44(71-51)63-18-3-2-8-32(63)9-11-40-55(63)70-30-69-40)26-64(80-42)56(77)54(76)57(78)66(49,81-64)59(79)62(38)20-19-60(29-62)14-4-5-15-60/h13,21-26,30,32,38-39,43,45,54,56-57,59,71-73,76-79H,2-12,14-20,27-29H2,1H3,(H,67,68)(H,69,70). The molecule has 8 bridgehead atoms. The maximum atomic E-state index is 15.5. The number of rotatable bonds is 1. The SMILES string of the molecule is Cc1cc(O)c2c(c1)C(=O)c1c(c3cc4c(nccc14)NCC(O)C14C5=C6C7=CC8(O3)OC6(C(O)C(O)C8O)C(O)C3(CCC6(CCCC6)C3)C5CCC1C1(CCCC1)CC4c1cc(C34CCCCC3CCc3[nH]cnc34)[nH]c17)C2=O. The van der Waals surface area contributed by atoms with Crippen molar-refractivity contribution in [3.8, 4) is 11.5 Å². The van der Waals surface area contributed by atoms with Gasteiger partial charge in [-0.2, -0.15) is 0 Å². The average molecular weight is 1090 g/mol. The molecule has 14 aliphatic rings. The fraction of sp³-hybridized carbons (Fsp3) is 0.576. The zero-order valence-corrected chi connectivity index (χ0v) is 45.9. The summed E-state index contributed by atoms with van der Waals surface area (Å²) in [7, 11) is 0. The second kappa shape index (κ2) is 15.7. The third-order valence-electron chi connectivity index (χ3n) is 25.3. The van der Waals surface area contributed by atoms with Crippen molar-refractivity contribution in [2.75, 3.05) is 11.9 Å². The number of nitrogens with one attached hydrogen (secondary N) is 3. The Morgan fingerprint density at radius 3 is 2.43 bits per heavy atom. The van der Waals surface area contributed by atoms with Gasteiger partial charge in [0.05, 0.1) is 40.8 Å². The number of benzene rings is 2. The minimum absolute atomic E-state index is 0.00683. The predicted octanol–water partition coefficient (Wildman–Crippen LogP) is 8.78. The van der Waals surface area contributed by atoms with E-state index < -0.39 is 69.7 Å². The molecule has 3 aromatic heterocycles. The smallest absolute Gasteiger partial charge is 0.261 e. The van der Waals surface area contributed by atoms with Gasteiger partial charge in [0.2, 0.25) is 5.78 Å². The van der Waals surface area contributed by atoms with Gasteiger partial charge in [-0.25, -0.2) is 9.97 Å². The Labute approximate surface area is 469 Å². The fourth-order valence-corrected chi connectivity index (χ4v) is 22.5. The number of hydrogen-bond acceptors (Lipinski definition) is 13. The number of imidazole rings is 1. The largest absolute Gasteiger partial charge is 0.507 e. The van der Waals surface area contributed by atoms with Crippen LogP contribution in [0, 0.1) is 46.3 Å². The van der Waals surface area contributed by atoms with Gasteiger partial charge in [0.15, 0.2) is 17.5 Å². The van der Waals surface area contributed by atoms with Crippen LogP contribution in [-0.2, 0) is 16.6 Å². The molecule has 6 saturated carbocycles. The first-order valence-corrected chi connectivity index (χ1v) is 30.8. The number of ketones is 2. The summed E-state index contributed by atoms with van der Waals surface area (Å²) in [6, 6.07) is 8.77. The van der Waals surface area contributed by atoms with Crippen LogP contribution in [0.3, 0.4) is 0 Å². The monoisotopic (exact) mass is 1090 g/mol. The molecule has 1 saturated heterocycles. The van der Waals surface area contributed by atoms with Crippen LogP contribution in [0.1, 0.15) is 194 Å². The third-order valence-corrected chi connectivity index (χ3v) is 25.3. The van der Waals surface area contributed by atoms with E-state index in [4.69, 9.17) is 19.4 Å². The molecule has 5 aromatic rings. The average Bonchev–Trinajstić information content (AvgIpc) is 1.84. The second-order valence-electron chi connectivity index (χ2n) is 28.2. The van der Waals surface area contributed by atoms with Crippen molar-refractivity contribution < 1.29 is 49.7 Å². The molecule has 9 N–H and O–H groups in total. The fourth-order valence-electron chi connectivity index (χ4n) is 22.5. The lowest BCUT2D eigenvalue weighted by atomic mass is 9.42. The van der Waals surface area contributed by atoms with Crippen LogP contribution in [-0.4, -0.2) is 111 Å². The van der Waals surface area contributed by atoms with Crippen LogP contribution >= 0.6 is 0 Å². The number of carbonyl (C=O) groups excluding carboxylic acids is 2. The molecule has 15 heteroatoms. The molecule has 14 atom stereocenters. The number of aromatic hydroxyl groups is 1. The Kier molecular flexibility index (Phi) is 9.49. The van der Waals surface area contributed by atoms with Crippen molar-refractivity contribution in [2.24, 2.45) is 39.4 Å². The summed E-state index contributed by atoms with van der Waals surface area (Å²) >= 11 is 0. The lowest BCUT2D eigenvalue weighted by molar-refractivity contribution is -0.369. The number of nitrogens with zero attached hydrogens (tertiary/aromatic N) is 2. The molecule has 2 aromatic carbocycles. The van der Waals surface area contributed by atoms with Crippen LogP contribution in [0.25, 0.3) is 16.3 Å². The summed E-state index contributed by atoms with van der Waals surface area (Å²) in [5.41, 5.74) is 2.79. The Balaban J connectivity index is 0.991. The van der Waals surface area contributed by atoms with E-state index in [1.807, 2.05) is 6.33 Å². The number of aliphatic hydroxyl groups is 5. The topological polar surface area (TPSA) is 243 Å².